The lowest BCUT2D eigenvalue weighted by Gasteiger charge is -2.27. The van der Waals surface area contributed by atoms with Gasteiger partial charge in [0.2, 0.25) is 5.91 Å². The largest absolute Gasteiger partial charge is 0.456 e. The van der Waals surface area contributed by atoms with Crippen molar-refractivity contribution in [3.05, 3.63) is 11.3 Å². The Morgan fingerprint density at radius 2 is 1.95 bits per heavy atom. The Labute approximate surface area is 113 Å². The molecule has 0 radical (unpaired) electrons. The van der Waals surface area contributed by atoms with Crippen molar-refractivity contribution < 1.29 is 14.3 Å². The van der Waals surface area contributed by atoms with Gasteiger partial charge in [0.15, 0.2) is 0 Å². The molecule has 1 atom stereocenters. The third-order valence-electron chi connectivity index (χ3n) is 4.61. The van der Waals surface area contributed by atoms with Crippen molar-refractivity contribution >= 4 is 11.9 Å². The third-order valence-corrected chi connectivity index (χ3v) is 4.61. The summed E-state index contributed by atoms with van der Waals surface area (Å²) in [5, 5.41) is 3.36. The first kappa shape index (κ1) is 12.7. The van der Waals surface area contributed by atoms with Gasteiger partial charge in [-0.3, -0.25) is 4.79 Å². The lowest BCUT2D eigenvalue weighted by Crippen LogP contribution is -2.33. The minimum absolute atomic E-state index is 0.149. The molecule has 1 unspecified atom stereocenters. The highest BCUT2D eigenvalue weighted by atomic mass is 16.5. The van der Waals surface area contributed by atoms with Crippen LogP contribution in [0.4, 0.5) is 0 Å². The van der Waals surface area contributed by atoms with Crippen LogP contribution in [0.5, 0.6) is 0 Å². The molecule has 2 fully saturated rings. The van der Waals surface area contributed by atoms with Gasteiger partial charge in [-0.2, -0.15) is 0 Å². The first-order chi connectivity index (χ1) is 9.16. The average molecular weight is 264 g/mol. The molecule has 2 saturated heterocycles. The molecule has 0 spiro atoms. The van der Waals surface area contributed by atoms with Crippen LogP contribution in [0.1, 0.15) is 26.2 Å². The molecule has 104 valence electrons. The van der Waals surface area contributed by atoms with Crippen LogP contribution in [0.25, 0.3) is 0 Å². The maximum atomic E-state index is 12.2. The van der Waals surface area contributed by atoms with Crippen molar-refractivity contribution in [1.82, 2.24) is 10.2 Å². The number of nitrogens with zero attached hydrogens (tertiary/aromatic N) is 1. The highest BCUT2D eigenvalue weighted by molar-refractivity contribution is 5.93. The molecule has 5 nitrogen and oxygen atoms in total. The van der Waals surface area contributed by atoms with E-state index in [0.29, 0.717) is 23.8 Å². The molecule has 0 bridgehead atoms. The van der Waals surface area contributed by atoms with E-state index < -0.39 is 0 Å². The summed E-state index contributed by atoms with van der Waals surface area (Å²) in [6.07, 6.45) is 2.92. The van der Waals surface area contributed by atoms with Crippen LogP contribution >= 0.6 is 0 Å². The van der Waals surface area contributed by atoms with E-state index in [1.54, 1.807) is 11.8 Å². The summed E-state index contributed by atoms with van der Waals surface area (Å²) >= 11 is 0. The minimum Gasteiger partial charge on any atom is -0.456 e. The summed E-state index contributed by atoms with van der Waals surface area (Å²) in [4.78, 5) is 25.4. The lowest BCUT2D eigenvalue weighted by molar-refractivity contribution is -0.136. The van der Waals surface area contributed by atoms with E-state index in [-0.39, 0.29) is 18.5 Å². The molecule has 3 aliphatic heterocycles. The van der Waals surface area contributed by atoms with E-state index in [9.17, 15) is 9.59 Å². The molecule has 3 aliphatic rings. The Balaban J connectivity index is 1.72. The second-order valence-electron chi connectivity index (χ2n) is 5.70. The Morgan fingerprint density at radius 3 is 2.58 bits per heavy atom. The fourth-order valence-electron chi connectivity index (χ4n) is 3.38. The topological polar surface area (TPSA) is 58.6 Å². The van der Waals surface area contributed by atoms with Crippen LogP contribution in [-0.2, 0) is 14.3 Å². The maximum Gasteiger partial charge on any atom is 0.336 e. The zero-order chi connectivity index (χ0) is 13.4. The number of rotatable bonds is 2. The number of ether oxygens (including phenoxy) is 1. The maximum absolute atomic E-state index is 12.2. The van der Waals surface area contributed by atoms with Crippen LogP contribution in [0.2, 0.25) is 0 Å². The van der Waals surface area contributed by atoms with Crippen LogP contribution in [0, 0.1) is 11.8 Å². The smallest absolute Gasteiger partial charge is 0.336 e. The summed E-state index contributed by atoms with van der Waals surface area (Å²) in [6, 6.07) is 0. The summed E-state index contributed by atoms with van der Waals surface area (Å²) < 4.78 is 5.00. The number of piperidine rings is 1. The fraction of sp³-hybridized carbons (Fsp3) is 0.714. The zero-order valence-corrected chi connectivity index (χ0v) is 11.3. The molecule has 3 rings (SSSR count). The van der Waals surface area contributed by atoms with Crippen LogP contribution < -0.4 is 5.32 Å². The third kappa shape index (κ3) is 2.27. The summed E-state index contributed by atoms with van der Waals surface area (Å²) in [6.45, 7) is 4.87. The van der Waals surface area contributed by atoms with E-state index in [1.807, 2.05) is 0 Å². The molecule has 19 heavy (non-hydrogen) atoms. The van der Waals surface area contributed by atoms with Gasteiger partial charge in [-0.25, -0.2) is 4.79 Å². The summed E-state index contributed by atoms with van der Waals surface area (Å²) in [5.74, 6) is 0.934. The highest BCUT2D eigenvalue weighted by Gasteiger charge is 2.39. The van der Waals surface area contributed by atoms with Gasteiger partial charge in [-0.1, -0.05) is 0 Å². The van der Waals surface area contributed by atoms with Crippen molar-refractivity contribution in [1.29, 1.82) is 0 Å². The molecule has 0 aromatic carbocycles. The van der Waals surface area contributed by atoms with Gasteiger partial charge in [0, 0.05) is 13.0 Å². The number of nitrogens with one attached hydrogen (secondary N) is 1. The van der Waals surface area contributed by atoms with E-state index in [4.69, 9.17) is 4.74 Å². The summed E-state index contributed by atoms with van der Waals surface area (Å²) in [7, 11) is 0. The molecule has 5 heteroatoms. The van der Waals surface area contributed by atoms with Crippen molar-refractivity contribution in [2.24, 2.45) is 11.8 Å². The zero-order valence-electron chi connectivity index (χ0n) is 11.3. The van der Waals surface area contributed by atoms with Gasteiger partial charge in [-0.15, -0.1) is 0 Å². The monoisotopic (exact) mass is 264 g/mol. The Bertz CT molecular complexity index is 438. The van der Waals surface area contributed by atoms with Gasteiger partial charge in [0.25, 0.3) is 0 Å². The molecule has 3 heterocycles. The second-order valence-corrected chi connectivity index (χ2v) is 5.70. The lowest BCUT2D eigenvalue weighted by atomic mass is 9.84. The normalized spacial score (nSPS) is 29.3. The number of esters is 1. The van der Waals surface area contributed by atoms with Crippen molar-refractivity contribution in [2.75, 3.05) is 26.2 Å². The number of cyclic esters (lactones) is 1. The first-order valence-corrected chi connectivity index (χ1v) is 7.05. The number of hydrogen-bond acceptors (Lipinski definition) is 4. The number of amides is 1. The number of carbonyl (C=O) groups is 2. The Morgan fingerprint density at radius 1 is 1.21 bits per heavy atom. The quantitative estimate of drug-likeness (QED) is 0.745. The molecule has 0 aromatic heterocycles. The highest BCUT2D eigenvalue weighted by Crippen LogP contribution is 2.34. The standard InChI is InChI=1S/C14H20N2O3/c1-9-12(8-19-14(9)18)16-7-11(6-13(16)17)10-2-4-15-5-3-10/h10-11,15H,2-8H2,1H3. The van der Waals surface area contributed by atoms with E-state index in [2.05, 4.69) is 5.32 Å². The predicted molar refractivity (Wildman–Crippen MR) is 69.1 cm³/mol. The summed E-state index contributed by atoms with van der Waals surface area (Å²) in [5.41, 5.74) is 1.38. The van der Waals surface area contributed by atoms with E-state index in [0.717, 1.165) is 38.2 Å². The van der Waals surface area contributed by atoms with Gasteiger partial charge < -0.3 is 15.0 Å². The SMILES string of the molecule is CC1=C(N2CC(C3CCNCC3)CC2=O)COC1=O. The molecule has 1 N–H and O–H groups in total. The first-order valence-electron chi connectivity index (χ1n) is 7.05. The predicted octanol–water partition coefficient (Wildman–Crippen LogP) is 0.665. The van der Waals surface area contributed by atoms with E-state index in [1.165, 1.54) is 0 Å². The van der Waals surface area contributed by atoms with Gasteiger partial charge in [-0.05, 0) is 44.7 Å². The fourth-order valence-corrected chi connectivity index (χ4v) is 3.38. The number of likely N-dealkylation sites (tertiary alicyclic amines) is 1. The molecular weight excluding hydrogens is 244 g/mol. The van der Waals surface area contributed by atoms with Gasteiger partial charge in [0.1, 0.15) is 6.61 Å². The van der Waals surface area contributed by atoms with Crippen LogP contribution in [0.3, 0.4) is 0 Å². The molecule has 0 saturated carbocycles. The van der Waals surface area contributed by atoms with Crippen molar-refractivity contribution in [2.45, 2.75) is 26.2 Å². The van der Waals surface area contributed by atoms with Gasteiger partial charge in [0.05, 0.1) is 11.3 Å². The molecule has 0 aromatic rings. The van der Waals surface area contributed by atoms with Crippen molar-refractivity contribution in [3.8, 4) is 0 Å². The molecule has 1 amide bonds. The average Bonchev–Trinajstić information content (AvgIpc) is 2.96. The molecular formula is C14H20N2O3. The van der Waals surface area contributed by atoms with Crippen molar-refractivity contribution in [3.63, 3.8) is 0 Å². The number of carbonyl (C=O) groups excluding carboxylic acids is 2. The van der Waals surface area contributed by atoms with Gasteiger partial charge >= 0.3 is 5.97 Å². The van der Waals surface area contributed by atoms with E-state index >= 15 is 0 Å². The Kier molecular flexibility index (Phi) is 3.31. The molecule has 0 aliphatic carbocycles. The minimum atomic E-state index is -0.284. The van der Waals surface area contributed by atoms with Crippen LogP contribution in [-0.4, -0.2) is 43.0 Å². The number of hydrogen-bond donors (Lipinski definition) is 1. The Hall–Kier alpha value is -1.36. The second kappa shape index (κ2) is 4.96. The van der Waals surface area contributed by atoms with Crippen LogP contribution in [0.15, 0.2) is 11.3 Å².